The third-order valence-electron chi connectivity index (χ3n) is 2.96. The highest BCUT2D eigenvalue weighted by atomic mass is 32.2. The molecule has 0 aliphatic heterocycles. The number of rotatable bonds is 6. The number of nitro groups is 1. The van der Waals surface area contributed by atoms with Crippen molar-refractivity contribution in [3.8, 4) is 0 Å². The van der Waals surface area contributed by atoms with Gasteiger partial charge in [0.15, 0.2) is 0 Å². The smallest absolute Gasteiger partial charge is 0.318 e. The van der Waals surface area contributed by atoms with Crippen molar-refractivity contribution in [3.63, 3.8) is 0 Å². The second-order valence-corrected chi connectivity index (χ2v) is 6.41. The second kappa shape index (κ2) is 5.37. The number of non-ortho nitro benzene ring substituents is 1. The van der Waals surface area contributed by atoms with Gasteiger partial charge in [-0.15, -0.1) is 0 Å². The summed E-state index contributed by atoms with van der Waals surface area (Å²) in [7, 11) is -4.35. The van der Waals surface area contributed by atoms with E-state index in [1.54, 1.807) is 0 Å². The summed E-state index contributed by atoms with van der Waals surface area (Å²) < 4.78 is 39.1. The van der Waals surface area contributed by atoms with Crippen molar-refractivity contribution in [3.05, 3.63) is 34.1 Å². The summed E-state index contributed by atoms with van der Waals surface area (Å²) in [6.07, 6.45) is 1.00. The average molecular weight is 318 g/mol. The van der Waals surface area contributed by atoms with E-state index in [9.17, 15) is 27.7 Å². The Morgan fingerprint density at radius 3 is 2.52 bits per heavy atom. The molecular formula is C11H11FN2O6S. The van der Waals surface area contributed by atoms with Crippen LogP contribution in [0.4, 0.5) is 10.1 Å². The van der Waals surface area contributed by atoms with E-state index in [4.69, 9.17) is 5.11 Å². The molecule has 0 aromatic heterocycles. The summed E-state index contributed by atoms with van der Waals surface area (Å²) in [5.74, 6) is -2.63. The SMILES string of the molecule is O=C(O)CN(C1CC1)S(=O)(=O)c1ccc([N+](=O)[O-])cc1F. The number of aliphatic carboxylic acids is 1. The number of hydrogen-bond donors (Lipinski definition) is 1. The van der Waals surface area contributed by atoms with E-state index in [0.717, 1.165) is 12.1 Å². The molecule has 0 spiro atoms. The lowest BCUT2D eigenvalue weighted by molar-refractivity contribution is -0.385. The molecule has 0 unspecified atom stereocenters. The molecule has 1 saturated carbocycles. The Bertz CT molecular complexity index is 701. The molecule has 8 nitrogen and oxygen atoms in total. The van der Waals surface area contributed by atoms with Crippen LogP contribution < -0.4 is 0 Å². The summed E-state index contributed by atoms with van der Waals surface area (Å²) in [4.78, 5) is 19.7. The summed E-state index contributed by atoms with van der Waals surface area (Å²) >= 11 is 0. The Morgan fingerprint density at radius 2 is 2.10 bits per heavy atom. The molecule has 2 rings (SSSR count). The molecule has 1 aliphatic carbocycles. The van der Waals surface area contributed by atoms with Crippen LogP contribution in [0, 0.1) is 15.9 Å². The van der Waals surface area contributed by atoms with Crippen molar-refractivity contribution in [2.24, 2.45) is 0 Å². The van der Waals surface area contributed by atoms with Crippen LogP contribution in [0.5, 0.6) is 0 Å². The highest BCUT2D eigenvalue weighted by Gasteiger charge is 2.40. The number of carboxylic acid groups (broad SMARTS) is 1. The number of nitrogens with zero attached hydrogens (tertiary/aromatic N) is 2. The summed E-state index contributed by atoms with van der Waals surface area (Å²) in [6, 6.07) is 1.67. The zero-order valence-electron chi connectivity index (χ0n) is 10.6. The van der Waals surface area contributed by atoms with Gasteiger partial charge in [0.05, 0.1) is 11.0 Å². The fraction of sp³-hybridized carbons (Fsp3) is 0.364. The average Bonchev–Trinajstić information content (AvgIpc) is 3.19. The van der Waals surface area contributed by atoms with Crippen LogP contribution in [0.2, 0.25) is 0 Å². The van der Waals surface area contributed by atoms with Crippen LogP contribution >= 0.6 is 0 Å². The van der Waals surface area contributed by atoms with Gasteiger partial charge in [0.25, 0.3) is 5.69 Å². The zero-order chi connectivity index (χ0) is 15.8. The quantitative estimate of drug-likeness (QED) is 0.617. The molecule has 1 aliphatic rings. The number of halogens is 1. The molecule has 0 atom stereocenters. The predicted octanol–water partition coefficient (Wildman–Crippen LogP) is 0.972. The molecule has 1 aromatic carbocycles. The van der Waals surface area contributed by atoms with Gasteiger partial charge in [-0.3, -0.25) is 14.9 Å². The third-order valence-corrected chi connectivity index (χ3v) is 4.89. The number of carboxylic acids is 1. The Kier molecular flexibility index (Phi) is 3.92. The molecule has 0 radical (unpaired) electrons. The molecule has 1 aromatic rings. The molecule has 114 valence electrons. The van der Waals surface area contributed by atoms with E-state index >= 15 is 0 Å². The molecule has 1 fully saturated rings. The number of hydrogen-bond acceptors (Lipinski definition) is 5. The van der Waals surface area contributed by atoms with Crippen molar-refractivity contribution >= 4 is 21.7 Å². The van der Waals surface area contributed by atoms with Gasteiger partial charge in [0.2, 0.25) is 10.0 Å². The Labute approximate surface area is 119 Å². The van der Waals surface area contributed by atoms with E-state index in [0.29, 0.717) is 23.2 Å². The van der Waals surface area contributed by atoms with Gasteiger partial charge in [-0.05, 0) is 18.9 Å². The van der Waals surface area contributed by atoms with Crippen LogP contribution in [0.25, 0.3) is 0 Å². The van der Waals surface area contributed by atoms with Gasteiger partial charge in [-0.2, -0.15) is 4.31 Å². The first-order valence-electron chi connectivity index (χ1n) is 5.91. The van der Waals surface area contributed by atoms with Crippen LogP contribution in [0.3, 0.4) is 0 Å². The molecule has 0 saturated heterocycles. The van der Waals surface area contributed by atoms with Gasteiger partial charge in [-0.1, -0.05) is 0 Å². The van der Waals surface area contributed by atoms with Crippen LogP contribution in [0.15, 0.2) is 23.1 Å². The zero-order valence-corrected chi connectivity index (χ0v) is 11.4. The molecular weight excluding hydrogens is 307 g/mol. The Hall–Kier alpha value is -2.07. The molecule has 1 N–H and O–H groups in total. The van der Waals surface area contributed by atoms with Crippen molar-refractivity contribution in [2.45, 2.75) is 23.8 Å². The van der Waals surface area contributed by atoms with Crippen LogP contribution in [0.1, 0.15) is 12.8 Å². The fourth-order valence-corrected chi connectivity index (χ4v) is 3.53. The molecule has 10 heteroatoms. The lowest BCUT2D eigenvalue weighted by atomic mass is 10.3. The predicted molar refractivity (Wildman–Crippen MR) is 67.6 cm³/mol. The van der Waals surface area contributed by atoms with E-state index in [1.807, 2.05) is 0 Å². The van der Waals surface area contributed by atoms with E-state index < -0.39 is 49.9 Å². The third kappa shape index (κ3) is 3.16. The first kappa shape index (κ1) is 15.3. The summed E-state index contributed by atoms with van der Waals surface area (Å²) in [6.45, 7) is -0.774. The van der Waals surface area contributed by atoms with E-state index in [1.165, 1.54) is 0 Å². The van der Waals surface area contributed by atoms with Gasteiger partial charge >= 0.3 is 5.97 Å². The maximum Gasteiger partial charge on any atom is 0.318 e. The normalized spacial score (nSPS) is 15.1. The lowest BCUT2D eigenvalue weighted by Gasteiger charge is -2.20. The van der Waals surface area contributed by atoms with Gasteiger partial charge < -0.3 is 5.11 Å². The number of carbonyl (C=O) groups is 1. The van der Waals surface area contributed by atoms with E-state index in [2.05, 4.69) is 0 Å². The van der Waals surface area contributed by atoms with Crippen LogP contribution in [-0.2, 0) is 14.8 Å². The second-order valence-electron chi connectivity index (χ2n) is 4.55. The maximum atomic E-state index is 13.8. The largest absolute Gasteiger partial charge is 0.480 e. The molecule has 0 heterocycles. The Balaban J connectivity index is 2.42. The van der Waals surface area contributed by atoms with Gasteiger partial charge in [-0.25, -0.2) is 12.8 Å². The summed E-state index contributed by atoms with van der Waals surface area (Å²) in [5, 5.41) is 19.3. The van der Waals surface area contributed by atoms with Crippen LogP contribution in [-0.4, -0.2) is 41.3 Å². The van der Waals surface area contributed by atoms with Gasteiger partial charge in [0.1, 0.15) is 17.3 Å². The van der Waals surface area contributed by atoms with E-state index in [-0.39, 0.29) is 0 Å². The van der Waals surface area contributed by atoms with Crippen molar-refractivity contribution in [2.75, 3.05) is 6.54 Å². The lowest BCUT2D eigenvalue weighted by Crippen LogP contribution is -2.37. The van der Waals surface area contributed by atoms with Crippen molar-refractivity contribution in [1.82, 2.24) is 4.31 Å². The molecule has 0 bridgehead atoms. The maximum absolute atomic E-state index is 13.8. The minimum absolute atomic E-state index is 0.472. The first-order chi connectivity index (χ1) is 9.73. The van der Waals surface area contributed by atoms with Gasteiger partial charge in [0, 0.05) is 12.1 Å². The molecule has 0 amide bonds. The number of sulfonamides is 1. The molecule has 21 heavy (non-hydrogen) atoms. The number of benzene rings is 1. The monoisotopic (exact) mass is 318 g/mol. The highest BCUT2D eigenvalue weighted by molar-refractivity contribution is 7.89. The number of nitro benzene ring substituents is 1. The van der Waals surface area contributed by atoms with Crippen molar-refractivity contribution in [1.29, 1.82) is 0 Å². The Morgan fingerprint density at radius 1 is 1.48 bits per heavy atom. The highest BCUT2D eigenvalue weighted by Crippen LogP contribution is 2.33. The minimum atomic E-state index is -4.35. The standard InChI is InChI=1S/C11H11FN2O6S/c12-9-5-8(14(17)18)3-4-10(9)21(19,20)13(6-11(15)16)7-1-2-7/h3-5,7H,1-2,6H2,(H,15,16). The first-order valence-corrected chi connectivity index (χ1v) is 7.35. The fourth-order valence-electron chi connectivity index (χ4n) is 1.85. The summed E-state index contributed by atoms with van der Waals surface area (Å²) in [5.41, 5.74) is -0.581. The van der Waals surface area contributed by atoms with Crippen molar-refractivity contribution < 1.29 is 27.6 Å². The minimum Gasteiger partial charge on any atom is -0.480 e. The topological polar surface area (TPSA) is 118 Å².